The van der Waals surface area contributed by atoms with Crippen molar-refractivity contribution < 1.29 is 28.6 Å². The van der Waals surface area contributed by atoms with E-state index in [0.29, 0.717) is 33.8 Å². The van der Waals surface area contributed by atoms with Crippen molar-refractivity contribution in [3.63, 3.8) is 0 Å². The predicted molar refractivity (Wildman–Crippen MR) is 96.6 cm³/mol. The standard InChI is InChI=1S/C20H17NO6/c1-11-15(26-10-17(21)22)8-7-14-18(23)16(27-19(11)14)9-12-3-5-13(6-4-12)20(24)25-2/h3-9H,10H2,1-2H3,(H2,21,22)/b16-9-. The van der Waals surface area contributed by atoms with Crippen molar-refractivity contribution in [1.82, 2.24) is 0 Å². The Morgan fingerprint density at radius 1 is 1.15 bits per heavy atom. The van der Waals surface area contributed by atoms with Gasteiger partial charge in [-0.25, -0.2) is 4.79 Å². The van der Waals surface area contributed by atoms with Crippen molar-refractivity contribution in [2.45, 2.75) is 6.92 Å². The van der Waals surface area contributed by atoms with Gasteiger partial charge in [0.2, 0.25) is 5.78 Å². The number of Topliss-reactive ketones (excluding diaryl/α,β-unsaturated/α-hetero) is 1. The third-order valence-electron chi connectivity index (χ3n) is 4.04. The maximum absolute atomic E-state index is 12.6. The number of ether oxygens (including phenoxy) is 3. The normalized spacial score (nSPS) is 13.9. The number of ketones is 1. The van der Waals surface area contributed by atoms with Gasteiger partial charge in [-0.1, -0.05) is 12.1 Å². The van der Waals surface area contributed by atoms with Gasteiger partial charge in [0.05, 0.1) is 18.2 Å². The number of esters is 1. The lowest BCUT2D eigenvalue weighted by Gasteiger charge is -2.09. The Bertz CT molecular complexity index is 959. The summed E-state index contributed by atoms with van der Waals surface area (Å²) in [6.07, 6.45) is 1.59. The van der Waals surface area contributed by atoms with Gasteiger partial charge >= 0.3 is 5.97 Å². The third-order valence-corrected chi connectivity index (χ3v) is 4.04. The Labute approximate surface area is 155 Å². The second-order valence-corrected chi connectivity index (χ2v) is 5.87. The third kappa shape index (κ3) is 3.67. The van der Waals surface area contributed by atoms with E-state index in [-0.39, 0.29) is 18.1 Å². The second kappa shape index (κ2) is 7.33. The van der Waals surface area contributed by atoms with Crippen LogP contribution in [0.25, 0.3) is 6.08 Å². The lowest BCUT2D eigenvalue weighted by Crippen LogP contribution is -2.20. The van der Waals surface area contributed by atoms with Crippen molar-refractivity contribution in [1.29, 1.82) is 0 Å². The minimum Gasteiger partial charge on any atom is -0.483 e. The van der Waals surface area contributed by atoms with Crippen LogP contribution in [0.2, 0.25) is 0 Å². The van der Waals surface area contributed by atoms with E-state index >= 15 is 0 Å². The van der Waals surface area contributed by atoms with E-state index in [0.717, 1.165) is 0 Å². The molecule has 0 saturated carbocycles. The molecule has 138 valence electrons. The van der Waals surface area contributed by atoms with Gasteiger partial charge < -0.3 is 19.9 Å². The molecule has 3 rings (SSSR count). The molecule has 0 aliphatic carbocycles. The van der Waals surface area contributed by atoms with Gasteiger partial charge in [0.1, 0.15) is 11.5 Å². The van der Waals surface area contributed by atoms with Crippen LogP contribution in [0, 0.1) is 6.92 Å². The lowest BCUT2D eigenvalue weighted by atomic mass is 10.1. The number of hydrogen-bond donors (Lipinski definition) is 1. The molecule has 1 aliphatic heterocycles. The van der Waals surface area contributed by atoms with Gasteiger partial charge in [0.15, 0.2) is 12.4 Å². The number of benzene rings is 2. The number of carbonyl (C=O) groups excluding carboxylic acids is 3. The summed E-state index contributed by atoms with van der Waals surface area (Å²) in [5.41, 5.74) is 7.21. The zero-order chi connectivity index (χ0) is 19.6. The number of nitrogens with two attached hydrogens (primary N) is 1. The zero-order valence-electron chi connectivity index (χ0n) is 14.8. The lowest BCUT2D eigenvalue weighted by molar-refractivity contribution is -0.119. The van der Waals surface area contributed by atoms with Gasteiger partial charge in [-0.05, 0) is 42.8 Å². The molecular weight excluding hydrogens is 350 g/mol. The van der Waals surface area contributed by atoms with Crippen LogP contribution in [-0.2, 0) is 9.53 Å². The number of carbonyl (C=O) groups is 3. The molecule has 1 amide bonds. The van der Waals surface area contributed by atoms with Crippen LogP contribution < -0.4 is 15.2 Å². The fourth-order valence-electron chi connectivity index (χ4n) is 2.66. The molecule has 7 heteroatoms. The van der Waals surface area contributed by atoms with Gasteiger partial charge in [-0.2, -0.15) is 0 Å². The van der Waals surface area contributed by atoms with Gasteiger partial charge in [-0.3, -0.25) is 9.59 Å². The van der Waals surface area contributed by atoms with Gasteiger partial charge in [0, 0.05) is 5.56 Å². The van der Waals surface area contributed by atoms with Crippen LogP contribution in [0.15, 0.2) is 42.2 Å². The highest BCUT2D eigenvalue weighted by Crippen LogP contribution is 2.39. The molecule has 0 spiro atoms. The van der Waals surface area contributed by atoms with Crippen molar-refractivity contribution in [3.8, 4) is 11.5 Å². The summed E-state index contributed by atoms with van der Waals surface area (Å²) >= 11 is 0. The highest BCUT2D eigenvalue weighted by atomic mass is 16.5. The first kappa shape index (κ1) is 18.2. The molecule has 2 N–H and O–H groups in total. The minimum absolute atomic E-state index is 0.158. The Kier molecular flexibility index (Phi) is 4.94. The summed E-state index contributed by atoms with van der Waals surface area (Å²) < 4.78 is 15.7. The summed E-state index contributed by atoms with van der Waals surface area (Å²) in [6, 6.07) is 9.77. The number of rotatable bonds is 5. The second-order valence-electron chi connectivity index (χ2n) is 5.87. The minimum atomic E-state index is -0.595. The summed E-state index contributed by atoms with van der Waals surface area (Å²) in [7, 11) is 1.31. The Balaban J connectivity index is 1.85. The van der Waals surface area contributed by atoms with Crippen LogP contribution >= 0.6 is 0 Å². The molecule has 0 saturated heterocycles. The largest absolute Gasteiger partial charge is 0.483 e. The first-order chi connectivity index (χ1) is 12.9. The number of methoxy groups -OCH3 is 1. The van der Waals surface area contributed by atoms with Crippen molar-refractivity contribution in [2.75, 3.05) is 13.7 Å². The molecule has 0 fully saturated rings. The molecule has 0 bridgehead atoms. The monoisotopic (exact) mass is 367 g/mol. The van der Waals surface area contributed by atoms with Crippen molar-refractivity contribution >= 4 is 23.7 Å². The first-order valence-electron chi connectivity index (χ1n) is 8.08. The smallest absolute Gasteiger partial charge is 0.337 e. The molecule has 1 aliphatic rings. The summed E-state index contributed by atoms with van der Waals surface area (Å²) in [6.45, 7) is 1.47. The van der Waals surface area contributed by atoms with Crippen LogP contribution in [-0.4, -0.2) is 31.4 Å². The average Bonchev–Trinajstić information content (AvgIpc) is 2.98. The topological polar surface area (TPSA) is 105 Å². The average molecular weight is 367 g/mol. The quantitative estimate of drug-likeness (QED) is 0.642. The molecule has 27 heavy (non-hydrogen) atoms. The first-order valence-corrected chi connectivity index (χ1v) is 8.08. The molecule has 0 aromatic heterocycles. The number of fused-ring (bicyclic) bond motifs is 1. The maximum atomic E-state index is 12.6. The Morgan fingerprint density at radius 3 is 2.48 bits per heavy atom. The van der Waals surface area contributed by atoms with E-state index < -0.39 is 11.9 Å². The Hall–Kier alpha value is -3.61. The number of amides is 1. The van der Waals surface area contributed by atoms with Crippen molar-refractivity contribution in [2.24, 2.45) is 5.73 Å². The van der Waals surface area contributed by atoms with E-state index in [2.05, 4.69) is 4.74 Å². The van der Waals surface area contributed by atoms with Gasteiger partial charge in [0.25, 0.3) is 5.91 Å². The summed E-state index contributed by atoms with van der Waals surface area (Å²) in [5.74, 6) is -0.321. The fourth-order valence-corrected chi connectivity index (χ4v) is 2.66. The fraction of sp³-hybridized carbons (Fsp3) is 0.150. The summed E-state index contributed by atoms with van der Waals surface area (Å²) in [5, 5.41) is 0. The molecule has 7 nitrogen and oxygen atoms in total. The van der Waals surface area contributed by atoms with Gasteiger partial charge in [-0.15, -0.1) is 0 Å². The van der Waals surface area contributed by atoms with Crippen LogP contribution in [0.1, 0.15) is 31.8 Å². The Morgan fingerprint density at radius 2 is 1.85 bits per heavy atom. The van der Waals surface area contributed by atoms with E-state index in [9.17, 15) is 14.4 Å². The highest BCUT2D eigenvalue weighted by molar-refractivity contribution is 6.15. The molecule has 2 aromatic rings. The summed E-state index contributed by atoms with van der Waals surface area (Å²) in [4.78, 5) is 34.9. The molecule has 1 heterocycles. The maximum Gasteiger partial charge on any atom is 0.337 e. The number of primary amides is 1. The zero-order valence-corrected chi connectivity index (χ0v) is 14.8. The molecule has 0 atom stereocenters. The molecule has 0 radical (unpaired) electrons. The number of allylic oxidation sites excluding steroid dienone is 1. The van der Waals surface area contributed by atoms with Crippen LogP contribution in [0.4, 0.5) is 0 Å². The van der Waals surface area contributed by atoms with Crippen LogP contribution in [0.5, 0.6) is 11.5 Å². The van der Waals surface area contributed by atoms with E-state index in [1.807, 2.05) is 0 Å². The van der Waals surface area contributed by atoms with E-state index in [1.165, 1.54) is 7.11 Å². The molecule has 0 unspecified atom stereocenters. The molecule has 2 aromatic carbocycles. The predicted octanol–water partition coefficient (Wildman–Crippen LogP) is 2.26. The van der Waals surface area contributed by atoms with Crippen LogP contribution in [0.3, 0.4) is 0 Å². The van der Waals surface area contributed by atoms with E-state index in [4.69, 9.17) is 15.2 Å². The van der Waals surface area contributed by atoms with Crippen molar-refractivity contribution in [3.05, 3.63) is 64.4 Å². The number of hydrogen-bond acceptors (Lipinski definition) is 6. The SMILES string of the molecule is COC(=O)c1ccc(/C=C2\Oc3c(ccc(OCC(N)=O)c3C)C2=O)cc1. The highest BCUT2D eigenvalue weighted by Gasteiger charge is 2.30. The van der Waals surface area contributed by atoms with E-state index in [1.54, 1.807) is 49.4 Å². The molecular formula is C20H17NO6.